The van der Waals surface area contributed by atoms with E-state index in [-0.39, 0.29) is 23.6 Å². The Kier molecular flexibility index (Phi) is 6.55. The average molecular weight is 559 g/mol. The molecule has 0 atom stereocenters. The fourth-order valence-electron chi connectivity index (χ4n) is 4.35. The summed E-state index contributed by atoms with van der Waals surface area (Å²) in [6, 6.07) is 12.4. The van der Waals surface area contributed by atoms with Crippen molar-refractivity contribution in [1.82, 2.24) is 9.47 Å². The molecule has 1 aromatic heterocycles. The van der Waals surface area contributed by atoms with E-state index in [2.05, 4.69) is 15.9 Å². The minimum absolute atomic E-state index is 0.0918. The van der Waals surface area contributed by atoms with Crippen molar-refractivity contribution in [2.45, 2.75) is 25.8 Å². The van der Waals surface area contributed by atoms with Crippen LogP contribution in [0.5, 0.6) is 0 Å². The zero-order valence-electron chi connectivity index (χ0n) is 18.2. The van der Waals surface area contributed by atoms with Crippen molar-refractivity contribution in [3.63, 3.8) is 0 Å². The molecule has 2 fully saturated rings. The van der Waals surface area contributed by atoms with Crippen molar-refractivity contribution in [1.29, 1.82) is 0 Å². The van der Waals surface area contributed by atoms with Crippen molar-refractivity contribution in [3.8, 4) is 0 Å². The summed E-state index contributed by atoms with van der Waals surface area (Å²) in [7, 11) is 0. The van der Waals surface area contributed by atoms with Gasteiger partial charge in [-0.3, -0.25) is 14.4 Å². The van der Waals surface area contributed by atoms with Crippen molar-refractivity contribution in [2.75, 3.05) is 18.0 Å². The largest absolute Gasteiger partial charge is 0.341 e. The standard InChI is InChI=1S/C25H21BrClN3O3S/c26-17-4-9-21-20(13-17)16(14-29(21)15-23(31)28-10-2-1-3-11-28)12-22-24(32)30(25(33)34-22)19-7-5-18(27)6-8-19/h4-9,12-14H,1-3,10-11,15H2/b22-12-. The Bertz CT molecular complexity index is 1330. The number of amides is 3. The molecule has 3 aromatic rings. The number of carbonyl (C=O) groups is 3. The highest BCUT2D eigenvalue weighted by atomic mass is 79.9. The molecule has 0 radical (unpaired) electrons. The van der Waals surface area contributed by atoms with Crippen molar-refractivity contribution >= 4 is 79.0 Å². The lowest BCUT2D eigenvalue weighted by Crippen LogP contribution is -2.37. The van der Waals surface area contributed by atoms with E-state index in [0.29, 0.717) is 15.6 Å². The molecule has 0 N–H and O–H groups in total. The number of likely N-dealkylation sites (tertiary alicyclic amines) is 1. The number of thioether (sulfide) groups is 1. The molecule has 3 amide bonds. The Morgan fingerprint density at radius 2 is 1.79 bits per heavy atom. The Hall–Kier alpha value is -2.55. The topological polar surface area (TPSA) is 62.6 Å². The molecule has 3 heterocycles. The van der Waals surface area contributed by atoms with E-state index in [1.54, 1.807) is 30.3 Å². The Labute approximate surface area is 214 Å². The zero-order chi connectivity index (χ0) is 23.8. The van der Waals surface area contributed by atoms with Crippen LogP contribution in [0.25, 0.3) is 17.0 Å². The second kappa shape index (κ2) is 9.60. The summed E-state index contributed by atoms with van der Waals surface area (Å²) >= 11 is 10.4. The molecule has 2 aliphatic rings. The highest BCUT2D eigenvalue weighted by Gasteiger charge is 2.36. The van der Waals surface area contributed by atoms with Crippen LogP contribution in [0.1, 0.15) is 24.8 Å². The van der Waals surface area contributed by atoms with E-state index >= 15 is 0 Å². The minimum Gasteiger partial charge on any atom is -0.341 e. The van der Waals surface area contributed by atoms with Gasteiger partial charge in [-0.25, -0.2) is 4.90 Å². The first kappa shape index (κ1) is 23.2. The molecular formula is C25H21BrClN3O3S. The summed E-state index contributed by atoms with van der Waals surface area (Å²) in [6.45, 7) is 1.83. The third-order valence-corrected chi connectivity index (χ3v) is 7.67. The summed E-state index contributed by atoms with van der Waals surface area (Å²) in [5.74, 6) is -0.285. The molecule has 34 heavy (non-hydrogen) atoms. The number of piperidine rings is 1. The Morgan fingerprint density at radius 3 is 2.53 bits per heavy atom. The predicted molar refractivity (Wildman–Crippen MR) is 140 cm³/mol. The monoisotopic (exact) mass is 557 g/mol. The van der Waals surface area contributed by atoms with Gasteiger partial charge in [-0.05, 0) is 79.6 Å². The van der Waals surface area contributed by atoms with Crippen LogP contribution in [0.3, 0.4) is 0 Å². The number of fused-ring (bicyclic) bond motifs is 1. The molecule has 2 saturated heterocycles. The molecule has 5 rings (SSSR count). The van der Waals surface area contributed by atoms with Crippen LogP contribution in [0.15, 0.2) is 58.0 Å². The smallest absolute Gasteiger partial charge is 0.298 e. The van der Waals surface area contributed by atoms with Gasteiger partial charge >= 0.3 is 0 Å². The van der Waals surface area contributed by atoms with E-state index in [1.807, 2.05) is 33.9 Å². The molecule has 0 aliphatic carbocycles. The summed E-state index contributed by atoms with van der Waals surface area (Å²) in [5, 5.41) is 1.08. The average Bonchev–Trinajstić information content (AvgIpc) is 3.30. The summed E-state index contributed by atoms with van der Waals surface area (Å²) in [4.78, 5) is 42.1. The summed E-state index contributed by atoms with van der Waals surface area (Å²) < 4.78 is 2.82. The molecule has 2 aromatic carbocycles. The predicted octanol–water partition coefficient (Wildman–Crippen LogP) is 6.31. The lowest BCUT2D eigenvalue weighted by Gasteiger charge is -2.27. The first-order chi connectivity index (χ1) is 16.4. The number of benzene rings is 2. The number of hydrogen-bond donors (Lipinski definition) is 0. The summed E-state index contributed by atoms with van der Waals surface area (Å²) in [6.07, 6.45) is 6.87. The van der Waals surface area contributed by atoms with Gasteiger partial charge in [-0.2, -0.15) is 0 Å². The molecule has 2 aliphatic heterocycles. The molecule has 9 heteroatoms. The van der Waals surface area contributed by atoms with Gasteiger partial charge in [0.2, 0.25) is 5.91 Å². The van der Waals surface area contributed by atoms with Gasteiger partial charge in [0.1, 0.15) is 6.54 Å². The minimum atomic E-state index is -0.377. The fourth-order valence-corrected chi connectivity index (χ4v) is 5.67. The molecule has 0 spiro atoms. The second-order valence-electron chi connectivity index (χ2n) is 8.31. The van der Waals surface area contributed by atoms with E-state index in [0.717, 1.165) is 63.5 Å². The van der Waals surface area contributed by atoms with Crippen LogP contribution >= 0.6 is 39.3 Å². The van der Waals surface area contributed by atoms with Crippen molar-refractivity contribution in [2.24, 2.45) is 0 Å². The van der Waals surface area contributed by atoms with E-state index in [1.165, 1.54) is 6.42 Å². The van der Waals surface area contributed by atoms with Crippen LogP contribution in [0, 0.1) is 0 Å². The molecule has 174 valence electrons. The maximum Gasteiger partial charge on any atom is 0.298 e. The highest BCUT2D eigenvalue weighted by Crippen LogP contribution is 2.37. The van der Waals surface area contributed by atoms with Crippen LogP contribution in [-0.2, 0) is 16.1 Å². The lowest BCUT2D eigenvalue weighted by atomic mass is 10.1. The molecule has 0 bridgehead atoms. The zero-order valence-corrected chi connectivity index (χ0v) is 21.3. The number of anilines is 1. The first-order valence-electron chi connectivity index (χ1n) is 11.0. The highest BCUT2D eigenvalue weighted by molar-refractivity contribution is 9.10. The van der Waals surface area contributed by atoms with Crippen molar-refractivity contribution < 1.29 is 14.4 Å². The maximum atomic E-state index is 13.1. The van der Waals surface area contributed by atoms with Crippen LogP contribution in [-0.4, -0.2) is 39.6 Å². The number of rotatable bonds is 4. The summed E-state index contributed by atoms with van der Waals surface area (Å²) in [5.41, 5.74) is 2.16. The van der Waals surface area contributed by atoms with Crippen molar-refractivity contribution in [3.05, 3.63) is 68.6 Å². The molecule has 0 unspecified atom stereocenters. The number of halogens is 2. The van der Waals surface area contributed by atoms with Gasteiger partial charge in [0.05, 0.1) is 10.6 Å². The normalized spacial score (nSPS) is 17.9. The van der Waals surface area contributed by atoms with Gasteiger partial charge in [0.25, 0.3) is 11.1 Å². The van der Waals surface area contributed by atoms with E-state index in [9.17, 15) is 14.4 Å². The van der Waals surface area contributed by atoms with Crippen LogP contribution in [0.2, 0.25) is 5.02 Å². The first-order valence-corrected chi connectivity index (χ1v) is 13.0. The lowest BCUT2D eigenvalue weighted by molar-refractivity contribution is -0.132. The van der Waals surface area contributed by atoms with Crippen LogP contribution < -0.4 is 4.90 Å². The van der Waals surface area contributed by atoms with Gasteiger partial charge in [-0.15, -0.1) is 0 Å². The Morgan fingerprint density at radius 1 is 1.06 bits per heavy atom. The number of carbonyl (C=O) groups excluding carboxylic acids is 3. The van der Waals surface area contributed by atoms with Crippen LogP contribution in [0.4, 0.5) is 10.5 Å². The third kappa shape index (κ3) is 4.54. The quantitative estimate of drug-likeness (QED) is 0.352. The maximum absolute atomic E-state index is 13.1. The van der Waals surface area contributed by atoms with E-state index in [4.69, 9.17) is 11.6 Å². The SMILES string of the molecule is O=C(Cn1cc(/C=C2\SC(=O)N(c3ccc(Cl)cc3)C2=O)c2cc(Br)ccc21)N1CCCCC1. The van der Waals surface area contributed by atoms with Gasteiger partial charge < -0.3 is 9.47 Å². The number of aromatic nitrogens is 1. The number of imide groups is 1. The number of hydrogen-bond acceptors (Lipinski definition) is 4. The molecule has 6 nitrogen and oxygen atoms in total. The van der Waals surface area contributed by atoms with Gasteiger partial charge in [0, 0.05) is 45.2 Å². The number of nitrogens with zero attached hydrogens (tertiary/aromatic N) is 3. The van der Waals surface area contributed by atoms with E-state index < -0.39 is 0 Å². The van der Waals surface area contributed by atoms with Gasteiger partial charge in [-0.1, -0.05) is 27.5 Å². The molecular weight excluding hydrogens is 538 g/mol. The Balaban J connectivity index is 1.48. The third-order valence-electron chi connectivity index (χ3n) is 6.05. The second-order valence-corrected chi connectivity index (χ2v) is 10.7. The molecule has 0 saturated carbocycles. The fraction of sp³-hybridized carbons (Fsp3) is 0.240. The van der Waals surface area contributed by atoms with Gasteiger partial charge in [0.15, 0.2) is 0 Å².